The lowest BCUT2D eigenvalue weighted by Gasteiger charge is -2.10. The van der Waals surface area contributed by atoms with Gasteiger partial charge in [0, 0.05) is 18.1 Å². The minimum atomic E-state index is -3.61. The number of nitrogens with zero attached hydrogens (tertiary/aromatic N) is 1. The minimum Gasteiger partial charge on any atom is -0.324 e. The highest BCUT2D eigenvalue weighted by Gasteiger charge is 2.14. The first-order valence-electron chi connectivity index (χ1n) is 5.53. The van der Waals surface area contributed by atoms with Gasteiger partial charge in [0.25, 0.3) is 10.0 Å². The number of pyridine rings is 1. The van der Waals surface area contributed by atoms with Gasteiger partial charge in [-0.05, 0) is 42.8 Å². The molecule has 0 aliphatic heterocycles. The number of nitrogens with one attached hydrogen (secondary N) is 2. The summed E-state index contributed by atoms with van der Waals surface area (Å²) in [4.78, 5) is 4.08. The van der Waals surface area contributed by atoms with Gasteiger partial charge in [-0.25, -0.2) is 8.42 Å². The molecule has 100 valence electrons. The molecule has 4 N–H and O–H groups in total. The zero-order valence-corrected chi connectivity index (χ0v) is 11.1. The summed E-state index contributed by atoms with van der Waals surface area (Å²) in [5.41, 5.74) is 4.34. The van der Waals surface area contributed by atoms with Crippen LogP contribution in [0.1, 0.15) is 5.56 Å². The molecule has 0 spiro atoms. The molecule has 0 bridgehead atoms. The van der Waals surface area contributed by atoms with Crippen molar-refractivity contribution < 1.29 is 8.42 Å². The third kappa shape index (κ3) is 3.01. The van der Waals surface area contributed by atoms with Crippen molar-refractivity contribution in [2.75, 3.05) is 10.1 Å². The average molecular weight is 278 g/mol. The maximum Gasteiger partial charge on any atom is 0.261 e. The van der Waals surface area contributed by atoms with E-state index in [4.69, 9.17) is 5.84 Å². The number of benzene rings is 1. The number of rotatable bonds is 4. The smallest absolute Gasteiger partial charge is 0.261 e. The van der Waals surface area contributed by atoms with E-state index in [1.807, 2.05) is 0 Å². The SMILES string of the molecule is Cc1cnccc1NS(=O)(=O)c1ccc(NN)cc1. The molecule has 19 heavy (non-hydrogen) atoms. The van der Waals surface area contributed by atoms with Crippen molar-refractivity contribution in [3.05, 3.63) is 48.3 Å². The van der Waals surface area contributed by atoms with Gasteiger partial charge in [0.2, 0.25) is 0 Å². The third-order valence-corrected chi connectivity index (χ3v) is 3.98. The molecular weight excluding hydrogens is 264 g/mol. The first kappa shape index (κ1) is 13.3. The second-order valence-electron chi connectivity index (χ2n) is 3.96. The highest BCUT2D eigenvalue weighted by Crippen LogP contribution is 2.19. The van der Waals surface area contributed by atoms with Gasteiger partial charge in [-0.15, -0.1) is 0 Å². The van der Waals surface area contributed by atoms with E-state index in [0.29, 0.717) is 11.4 Å². The van der Waals surface area contributed by atoms with E-state index in [1.165, 1.54) is 18.3 Å². The van der Waals surface area contributed by atoms with Crippen molar-refractivity contribution in [1.82, 2.24) is 4.98 Å². The minimum absolute atomic E-state index is 0.169. The van der Waals surface area contributed by atoms with Gasteiger partial charge in [-0.1, -0.05) is 0 Å². The van der Waals surface area contributed by atoms with Gasteiger partial charge in [-0.3, -0.25) is 15.5 Å². The van der Waals surface area contributed by atoms with E-state index in [9.17, 15) is 8.42 Å². The maximum absolute atomic E-state index is 12.2. The predicted octanol–water partition coefficient (Wildman–Crippen LogP) is 1.48. The van der Waals surface area contributed by atoms with Crippen LogP contribution in [0.15, 0.2) is 47.6 Å². The van der Waals surface area contributed by atoms with Gasteiger partial charge in [0.1, 0.15) is 0 Å². The van der Waals surface area contributed by atoms with Gasteiger partial charge in [-0.2, -0.15) is 0 Å². The number of hydrogen-bond donors (Lipinski definition) is 3. The molecule has 2 aromatic rings. The lowest BCUT2D eigenvalue weighted by atomic mass is 10.3. The van der Waals surface area contributed by atoms with Gasteiger partial charge >= 0.3 is 0 Å². The van der Waals surface area contributed by atoms with Crippen LogP contribution < -0.4 is 16.0 Å². The van der Waals surface area contributed by atoms with E-state index >= 15 is 0 Å². The quantitative estimate of drug-likeness (QED) is 0.581. The summed E-state index contributed by atoms with van der Waals surface area (Å²) in [5.74, 6) is 5.23. The molecule has 2 rings (SSSR count). The molecule has 7 heteroatoms. The Balaban J connectivity index is 2.30. The highest BCUT2D eigenvalue weighted by molar-refractivity contribution is 7.92. The van der Waals surface area contributed by atoms with Gasteiger partial charge in [0.05, 0.1) is 10.6 Å². The van der Waals surface area contributed by atoms with Crippen LogP contribution in [0.4, 0.5) is 11.4 Å². The molecule has 1 aromatic carbocycles. The summed E-state index contributed by atoms with van der Waals surface area (Å²) in [6.07, 6.45) is 3.13. The molecule has 0 aliphatic rings. The van der Waals surface area contributed by atoms with Crippen LogP contribution in [-0.2, 0) is 10.0 Å². The molecule has 0 aliphatic carbocycles. The normalized spacial score (nSPS) is 11.1. The Morgan fingerprint density at radius 1 is 1.16 bits per heavy atom. The van der Waals surface area contributed by atoms with Crippen LogP contribution >= 0.6 is 0 Å². The molecular formula is C12H14N4O2S. The van der Waals surface area contributed by atoms with E-state index < -0.39 is 10.0 Å². The van der Waals surface area contributed by atoms with Crippen LogP contribution in [-0.4, -0.2) is 13.4 Å². The van der Waals surface area contributed by atoms with E-state index in [2.05, 4.69) is 15.1 Å². The summed E-state index contributed by atoms with van der Waals surface area (Å²) in [5, 5.41) is 0. The van der Waals surface area contributed by atoms with Crippen molar-refractivity contribution in [2.45, 2.75) is 11.8 Å². The van der Waals surface area contributed by atoms with E-state index in [1.54, 1.807) is 31.3 Å². The maximum atomic E-state index is 12.2. The summed E-state index contributed by atoms with van der Waals surface area (Å²) in [6, 6.07) is 7.76. The van der Waals surface area contributed by atoms with Crippen molar-refractivity contribution >= 4 is 21.4 Å². The third-order valence-electron chi connectivity index (χ3n) is 2.60. The Hall–Kier alpha value is -2.12. The van der Waals surface area contributed by atoms with Crippen molar-refractivity contribution in [3.8, 4) is 0 Å². The number of aryl methyl sites for hydroxylation is 1. The fraction of sp³-hybridized carbons (Fsp3) is 0.0833. The Labute approximate surface area is 111 Å². The number of sulfonamides is 1. The fourth-order valence-electron chi connectivity index (χ4n) is 1.52. The van der Waals surface area contributed by atoms with Gasteiger partial charge < -0.3 is 5.43 Å². The number of nitrogen functional groups attached to an aromatic ring is 1. The lowest BCUT2D eigenvalue weighted by Crippen LogP contribution is -2.14. The van der Waals surface area contributed by atoms with Crippen LogP contribution in [0, 0.1) is 6.92 Å². The summed E-state index contributed by atoms with van der Waals surface area (Å²) in [7, 11) is -3.61. The van der Waals surface area contributed by atoms with Crippen molar-refractivity contribution in [3.63, 3.8) is 0 Å². The second kappa shape index (κ2) is 5.25. The average Bonchev–Trinajstić information content (AvgIpc) is 2.41. The second-order valence-corrected chi connectivity index (χ2v) is 5.65. The number of hydrazine groups is 1. The highest BCUT2D eigenvalue weighted by atomic mass is 32.2. The predicted molar refractivity (Wildman–Crippen MR) is 74.0 cm³/mol. The Morgan fingerprint density at radius 3 is 2.42 bits per heavy atom. The number of nitrogens with two attached hydrogens (primary N) is 1. The van der Waals surface area contributed by atoms with Crippen LogP contribution in [0.25, 0.3) is 0 Å². The molecule has 0 saturated heterocycles. The molecule has 0 atom stereocenters. The van der Waals surface area contributed by atoms with E-state index in [0.717, 1.165) is 5.56 Å². The molecule has 1 aromatic heterocycles. The molecule has 1 heterocycles. The van der Waals surface area contributed by atoms with Crippen LogP contribution in [0.2, 0.25) is 0 Å². The monoisotopic (exact) mass is 278 g/mol. The Morgan fingerprint density at radius 2 is 1.84 bits per heavy atom. The Kier molecular flexibility index (Phi) is 3.68. The van der Waals surface area contributed by atoms with Crippen molar-refractivity contribution in [1.29, 1.82) is 0 Å². The summed E-state index contributed by atoms with van der Waals surface area (Å²) in [6.45, 7) is 1.78. The van der Waals surface area contributed by atoms with Gasteiger partial charge in [0.15, 0.2) is 0 Å². The van der Waals surface area contributed by atoms with Crippen LogP contribution in [0.3, 0.4) is 0 Å². The molecule has 0 saturated carbocycles. The first-order valence-corrected chi connectivity index (χ1v) is 7.01. The van der Waals surface area contributed by atoms with Crippen molar-refractivity contribution in [2.24, 2.45) is 5.84 Å². The number of aromatic nitrogens is 1. The number of hydrogen-bond acceptors (Lipinski definition) is 5. The van der Waals surface area contributed by atoms with E-state index in [-0.39, 0.29) is 4.90 Å². The first-order chi connectivity index (χ1) is 9.03. The largest absolute Gasteiger partial charge is 0.324 e. The summed E-state index contributed by atoms with van der Waals surface area (Å²) < 4.78 is 26.9. The van der Waals surface area contributed by atoms with Crippen LogP contribution in [0.5, 0.6) is 0 Å². The standard InChI is InChI=1S/C12H14N4O2S/c1-9-8-14-7-6-12(9)16-19(17,18)11-4-2-10(15-13)3-5-11/h2-8,15H,13H2,1H3,(H,14,16). The summed E-state index contributed by atoms with van der Waals surface area (Å²) >= 11 is 0. The number of anilines is 2. The molecule has 0 amide bonds. The Bertz CT molecular complexity index is 668. The lowest BCUT2D eigenvalue weighted by molar-refractivity contribution is 0.601. The zero-order valence-electron chi connectivity index (χ0n) is 10.3. The molecule has 0 radical (unpaired) electrons. The molecule has 6 nitrogen and oxygen atoms in total. The molecule has 0 unspecified atom stereocenters. The topological polar surface area (TPSA) is 97.1 Å². The zero-order chi connectivity index (χ0) is 13.9. The molecule has 0 fully saturated rings. The fourth-order valence-corrected chi connectivity index (χ4v) is 2.65.